The Labute approximate surface area is 175 Å². The Morgan fingerprint density at radius 1 is 1.10 bits per heavy atom. The summed E-state index contributed by atoms with van der Waals surface area (Å²) in [5.41, 5.74) is 1.14. The number of anilines is 1. The van der Waals surface area contributed by atoms with E-state index >= 15 is 0 Å². The molecule has 4 saturated carbocycles. The molecular weight excluding hydrogens is 392 g/mol. The maximum Gasteiger partial charge on any atom is 0.325 e. The second-order valence-corrected chi connectivity index (χ2v) is 9.49. The van der Waals surface area contributed by atoms with Crippen LogP contribution in [-0.2, 0) is 19.1 Å². The number of benzene rings is 1. The Morgan fingerprint density at radius 2 is 1.72 bits per heavy atom. The van der Waals surface area contributed by atoms with E-state index in [0.29, 0.717) is 28.5 Å². The highest BCUT2D eigenvalue weighted by Crippen LogP contribution is 2.60. The lowest BCUT2D eigenvalue weighted by atomic mass is 9.49. The molecule has 6 nitrogen and oxygen atoms in total. The van der Waals surface area contributed by atoms with Crippen LogP contribution in [0.3, 0.4) is 0 Å². The third-order valence-corrected chi connectivity index (χ3v) is 6.99. The van der Waals surface area contributed by atoms with Crippen LogP contribution in [0.2, 0.25) is 5.02 Å². The third-order valence-electron chi connectivity index (χ3n) is 6.75. The van der Waals surface area contributed by atoms with Crippen molar-refractivity contribution in [1.82, 2.24) is 5.32 Å². The summed E-state index contributed by atoms with van der Waals surface area (Å²) in [6.07, 6.45) is 6.62. The molecule has 156 valence electrons. The number of ether oxygens (including phenoxy) is 1. The van der Waals surface area contributed by atoms with Gasteiger partial charge in [-0.1, -0.05) is 17.7 Å². The Hall–Kier alpha value is -2.08. The van der Waals surface area contributed by atoms with E-state index in [9.17, 15) is 14.4 Å². The van der Waals surface area contributed by atoms with Gasteiger partial charge in [-0.2, -0.15) is 0 Å². The van der Waals surface area contributed by atoms with Crippen LogP contribution in [0.15, 0.2) is 18.2 Å². The van der Waals surface area contributed by atoms with E-state index in [1.165, 1.54) is 19.3 Å². The van der Waals surface area contributed by atoms with Gasteiger partial charge in [0.1, 0.15) is 6.54 Å². The van der Waals surface area contributed by atoms with Gasteiger partial charge in [0.2, 0.25) is 5.91 Å². The number of hydrogen-bond acceptors (Lipinski definition) is 4. The predicted molar refractivity (Wildman–Crippen MR) is 109 cm³/mol. The Morgan fingerprint density at radius 3 is 2.34 bits per heavy atom. The molecule has 0 aromatic heterocycles. The molecule has 4 bridgehead atoms. The molecule has 2 N–H and O–H groups in total. The molecule has 7 heteroatoms. The summed E-state index contributed by atoms with van der Waals surface area (Å²) in [4.78, 5) is 36.9. The molecule has 1 aromatic carbocycles. The standard InChI is InChI=1S/C22H27ClN2O4/c1-13-2-3-17(23)7-18(13)25-19(26)12-29-20(27)11-24-21(28)22-8-14-4-15(9-22)6-16(5-14)10-22/h2-3,7,14-16H,4-6,8-12H2,1H3,(H,24,28)(H,25,26). The van der Waals surface area contributed by atoms with Crippen molar-refractivity contribution < 1.29 is 19.1 Å². The summed E-state index contributed by atoms with van der Waals surface area (Å²) in [7, 11) is 0. The molecule has 2 amide bonds. The highest BCUT2D eigenvalue weighted by Gasteiger charge is 2.54. The van der Waals surface area contributed by atoms with Crippen LogP contribution in [0.25, 0.3) is 0 Å². The lowest BCUT2D eigenvalue weighted by Gasteiger charge is -2.55. The van der Waals surface area contributed by atoms with Crippen molar-refractivity contribution in [1.29, 1.82) is 0 Å². The fourth-order valence-electron chi connectivity index (χ4n) is 5.84. The summed E-state index contributed by atoms with van der Waals surface area (Å²) in [6.45, 7) is 1.24. The number of rotatable bonds is 6. The van der Waals surface area contributed by atoms with Crippen LogP contribution in [-0.4, -0.2) is 30.9 Å². The first kappa shape index (κ1) is 20.2. The van der Waals surface area contributed by atoms with Crippen LogP contribution in [0.4, 0.5) is 5.69 Å². The molecule has 0 saturated heterocycles. The lowest BCUT2D eigenvalue weighted by Crippen LogP contribution is -2.54. The van der Waals surface area contributed by atoms with Gasteiger partial charge >= 0.3 is 5.97 Å². The van der Waals surface area contributed by atoms with Crippen molar-refractivity contribution in [2.24, 2.45) is 23.2 Å². The SMILES string of the molecule is Cc1ccc(Cl)cc1NC(=O)COC(=O)CNC(=O)C12CC3CC(CC(C3)C1)C2. The van der Waals surface area contributed by atoms with Gasteiger partial charge in [0, 0.05) is 16.1 Å². The van der Waals surface area contributed by atoms with Crippen molar-refractivity contribution in [3.63, 3.8) is 0 Å². The molecule has 0 heterocycles. The van der Waals surface area contributed by atoms with Crippen molar-refractivity contribution in [2.75, 3.05) is 18.5 Å². The number of carbonyl (C=O) groups is 3. The van der Waals surface area contributed by atoms with Crippen LogP contribution in [0.5, 0.6) is 0 Å². The van der Waals surface area contributed by atoms with E-state index in [-0.39, 0.29) is 17.9 Å². The first-order chi connectivity index (χ1) is 13.8. The van der Waals surface area contributed by atoms with Gasteiger partial charge in [-0.15, -0.1) is 0 Å². The Balaban J connectivity index is 1.23. The fourth-order valence-corrected chi connectivity index (χ4v) is 6.01. The molecule has 0 atom stereocenters. The molecule has 0 unspecified atom stereocenters. The zero-order valence-corrected chi connectivity index (χ0v) is 17.4. The van der Waals surface area contributed by atoms with E-state index in [1.807, 2.05) is 6.92 Å². The zero-order valence-electron chi connectivity index (χ0n) is 16.6. The maximum absolute atomic E-state index is 12.8. The number of nitrogens with one attached hydrogen (secondary N) is 2. The van der Waals surface area contributed by atoms with E-state index in [1.54, 1.807) is 18.2 Å². The second kappa shape index (κ2) is 7.98. The third kappa shape index (κ3) is 4.42. The molecule has 29 heavy (non-hydrogen) atoms. The molecule has 0 radical (unpaired) electrons. The highest BCUT2D eigenvalue weighted by atomic mass is 35.5. The average Bonchev–Trinajstić information content (AvgIpc) is 2.66. The van der Waals surface area contributed by atoms with Crippen LogP contribution < -0.4 is 10.6 Å². The first-order valence-electron chi connectivity index (χ1n) is 10.3. The van der Waals surface area contributed by atoms with Gasteiger partial charge in [0.25, 0.3) is 5.91 Å². The normalized spacial score (nSPS) is 29.4. The van der Waals surface area contributed by atoms with Crippen molar-refractivity contribution in [3.8, 4) is 0 Å². The Bertz CT molecular complexity index is 803. The highest BCUT2D eigenvalue weighted by molar-refractivity contribution is 6.31. The smallest absolute Gasteiger partial charge is 0.325 e. The molecule has 4 aliphatic rings. The van der Waals surface area contributed by atoms with Crippen molar-refractivity contribution >= 4 is 35.1 Å². The number of amides is 2. The Kier molecular flexibility index (Phi) is 5.56. The van der Waals surface area contributed by atoms with Gasteiger partial charge in [-0.3, -0.25) is 14.4 Å². The summed E-state index contributed by atoms with van der Waals surface area (Å²) < 4.78 is 5.02. The molecular formula is C22H27ClN2O4. The number of hydrogen-bond donors (Lipinski definition) is 2. The summed E-state index contributed by atoms with van der Waals surface area (Å²) in [6, 6.07) is 5.17. The van der Waals surface area contributed by atoms with Gasteiger partial charge in [0.05, 0.1) is 0 Å². The number of carbonyl (C=O) groups excluding carboxylic acids is 3. The van der Waals surface area contributed by atoms with Crippen LogP contribution in [0.1, 0.15) is 44.1 Å². The lowest BCUT2D eigenvalue weighted by molar-refractivity contribution is -0.152. The quantitative estimate of drug-likeness (QED) is 0.693. The summed E-state index contributed by atoms with van der Waals surface area (Å²) >= 11 is 5.93. The maximum atomic E-state index is 12.8. The number of halogens is 1. The van der Waals surface area contributed by atoms with Crippen LogP contribution in [0, 0.1) is 30.1 Å². The molecule has 5 rings (SSSR count). The van der Waals surface area contributed by atoms with Crippen LogP contribution >= 0.6 is 11.6 Å². The van der Waals surface area contributed by atoms with Crippen molar-refractivity contribution in [3.05, 3.63) is 28.8 Å². The predicted octanol–water partition coefficient (Wildman–Crippen LogP) is 3.46. The summed E-state index contributed by atoms with van der Waals surface area (Å²) in [5.74, 6) is 0.914. The topological polar surface area (TPSA) is 84.5 Å². The van der Waals surface area contributed by atoms with E-state index in [0.717, 1.165) is 24.8 Å². The van der Waals surface area contributed by atoms with Gasteiger partial charge in [-0.05, 0) is 80.9 Å². The first-order valence-corrected chi connectivity index (χ1v) is 10.7. The largest absolute Gasteiger partial charge is 0.454 e. The fraction of sp³-hybridized carbons (Fsp3) is 0.591. The monoisotopic (exact) mass is 418 g/mol. The second-order valence-electron chi connectivity index (χ2n) is 9.05. The van der Waals surface area contributed by atoms with E-state index in [4.69, 9.17) is 16.3 Å². The number of esters is 1. The van der Waals surface area contributed by atoms with E-state index < -0.39 is 18.5 Å². The van der Waals surface area contributed by atoms with Gasteiger partial charge < -0.3 is 15.4 Å². The van der Waals surface area contributed by atoms with E-state index in [2.05, 4.69) is 10.6 Å². The molecule has 0 spiro atoms. The molecule has 4 aliphatic carbocycles. The minimum atomic E-state index is -0.610. The van der Waals surface area contributed by atoms with Gasteiger partial charge in [0.15, 0.2) is 6.61 Å². The minimum absolute atomic E-state index is 0.0208. The van der Waals surface area contributed by atoms with Gasteiger partial charge in [-0.25, -0.2) is 0 Å². The molecule has 4 fully saturated rings. The zero-order chi connectivity index (χ0) is 20.6. The summed E-state index contributed by atoms with van der Waals surface area (Å²) in [5, 5.41) is 5.95. The minimum Gasteiger partial charge on any atom is -0.454 e. The van der Waals surface area contributed by atoms with Crippen molar-refractivity contribution in [2.45, 2.75) is 45.4 Å². The molecule has 1 aromatic rings. The average molecular weight is 419 g/mol. The molecule has 0 aliphatic heterocycles. The number of aryl methyl sites for hydroxylation is 1.